The van der Waals surface area contributed by atoms with Gasteiger partial charge >= 0.3 is 0 Å². The average Bonchev–Trinajstić information content (AvgIpc) is 2.72. The molecule has 4 aliphatic rings. The third-order valence-corrected chi connectivity index (χ3v) is 10.8. The first-order chi connectivity index (χ1) is 13.9. The summed E-state index contributed by atoms with van der Waals surface area (Å²) in [7, 11) is 0. The van der Waals surface area contributed by atoms with Crippen molar-refractivity contribution in [1.82, 2.24) is 0 Å². The van der Waals surface area contributed by atoms with Crippen LogP contribution >= 0.6 is 0 Å². The van der Waals surface area contributed by atoms with Crippen LogP contribution in [0.2, 0.25) is 0 Å². The summed E-state index contributed by atoms with van der Waals surface area (Å²) < 4.78 is 15.4. The Kier molecular flexibility index (Phi) is 7.33. The van der Waals surface area contributed by atoms with Gasteiger partial charge in [-0.2, -0.15) is 0 Å². The molecule has 1 heteroatoms. The van der Waals surface area contributed by atoms with Gasteiger partial charge in [0.15, 0.2) is 0 Å². The standard InChI is InChI=1S/C28H49F/c1-18-5-7-22(8-6-18)23-9-11-24(12-10-23)25-13-14-27(28(29)17-25)26-15-19(2)21(4)20(3)16-26/h18-28H,5-17H2,1-4H3. The Hall–Kier alpha value is -0.0700. The summed E-state index contributed by atoms with van der Waals surface area (Å²) in [5.41, 5.74) is 0. The van der Waals surface area contributed by atoms with Gasteiger partial charge in [0.1, 0.15) is 6.17 Å². The van der Waals surface area contributed by atoms with Gasteiger partial charge in [-0.1, -0.05) is 40.5 Å². The molecule has 0 radical (unpaired) electrons. The van der Waals surface area contributed by atoms with Crippen molar-refractivity contribution in [3.05, 3.63) is 0 Å². The summed E-state index contributed by atoms with van der Waals surface area (Å²) in [5, 5.41) is 0. The van der Waals surface area contributed by atoms with E-state index in [1.807, 2.05) is 0 Å². The molecule has 0 spiro atoms. The van der Waals surface area contributed by atoms with Crippen LogP contribution in [0.1, 0.15) is 111 Å². The summed E-state index contributed by atoms with van der Waals surface area (Å²) in [6.45, 7) is 9.68. The molecule has 29 heavy (non-hydrogen) atoms. The molecule has 0 saturated heterocycles. The Morgan fingerprint density at radius 2 is 0.931 bits per heavy atom. The maximum atomic E-state index is 15.4. The number of rotatable bonds is 3. The molecule has 5 unspecified atom stereocenters. The normalized spacial score (nSPS) is 52.2. The lowest BCUT2D eigenvalue weighted by Gasteiger charge is -2.46. The Bertz CT molecular complexity index is 486. The van der Waals surface area contributed by atoms with Crippen molar-refractivity contribution in [2.24, 2.45) is 59.2 Å². The molecule has 4 aliphatic carbocycles. The largest absolute Gasteiger partial charge is 0.247 e. The highest BCUT2D eigenvalue weighted by atomic mass is 19.1. The second kappa shape index (κ2) is 9.60. The van der Waals surface area contributed by atoms with Gasteiger partial charge in [-0.05, 0) is 130 Å². The van der Waals surface area contributed by atoms with Crippen LogP contribution in [0.3, 0.4) is 0 Å². The highest BCUT2D eigenvalue weighted by molar-refractivity contribution is 4.92. The quantitative estimate of drug-likeness (QED) is 0.441. The first kappa shape index (κ1) is 22.1. The molecule has 4 fully saturated rings. The molecule has 0 aromatic carbocycles. The zero-order chi connectivity index (χ0) is 20.5. The number of halogens is 1. The second-order valence-electron chi connectivity index (χ2n) is 12.5. The Morgan fingerprint density at radius 3 is 1.45 bits per heavy atom. The van der Waals surface area contributed by atoms with Crippen molar-refractivity contribution in [3.8, 4) is 0 Å². The fourth-order valence-electron chi connectivity index (χ4n) is 8.36. The Labute approximate surface area is 181 Å². The third kappa shape index (κ3) is 5.06. The van der Waals surface area contributed by atoms with E-state index in [4.69, 9.17) is 0 Å². The van der Waals surface area contributed by atoms with Crippen molar-refractivity contribution in [2.45, 2.75) is 117 Å². The Balaban J connectivity index is 1.24. The van der Waals surface area contributed by atoms with Gasteiger partial charge < -0.3 is 0 Å². The summed E-state index contributed by atoms with van der Waals surface area (Å²) in [4.78, 5) is 0. The molecule has 0 nitrogen and oxygen atoms in total. The molecular weight excluding hydrogens is 355 g/mol. The van der Waals surface area contributed by atoms with Crippen LogP contribution in [-0.4, -0.2) is 6.17 Å². The van der Waals surface area contributed by atoms with Crippen molar-refractivity contribution < 1.29 is 4.39 Å². The lowest BCUT2D eigenvalue weighted by molar-refractivity contribution is 0.00874. The number of alkyl halides is 1. The topological polar surface area (TPSA) is 0 Å². The van der Waals surface area contributed by atoms with Gasteiger partial charge in [-0.15, -0.1) is 0 Å². The van der Waals surface area contributed by atoms with Crippen molar-refractivity contribution in [3.63, 3.8) is 0 Å². The van der Waals surface area contributed by atoms with Gasteiger partial charge in [0, 0.05) is 0 Å². The summed E-state index contributed by atoms with van der Waals surface area (Å²) in [6.07, 6.45) is 17.1. The molecule has 0 aliphatic heterocycles. The highest BCUT2D eigenvalue weighted by Crippen LogP contribution is 2.50. The van der Waals surface area contributed by atoms with Crippen LogP contribution in [0.4, 0.5) is 4.39 Å². The van der Waals surface area contributed by atoms with Crippen LogP contribution < -0.4 is 0 Å². The van der Waals surface area contributed by atoms with Gasteiger partial charge in [0.25, 0.3) is 0 Å². The van der Waals surface area contributed by atoms with E-state index < -0.39 is 6.17 Å². The van der Waals surface area contributed by atoms with Crippen molar-refractivity contribution in [1.29, 1.82) is 0 Å². The van der Waals surface area contributed by atoms with E-state index in [0.717, 1.165) is 47.8 Å². The molecule has 0 aromatic rings. The molecule has 0 bridgehead atoms. The van der Waals surface area contributed by atoms with Crippen LogP contribution in [0.25, 0.3) is 0 Å². The van der Waals surface area contributed by atoms with Gasteiger partial charge in [-0.25, -0.2) is 4.39 Å². The molecule has 0 heterocycles. The van der Waals surface area contributed by atoms with E-state index >= 15 is 4.39 Å². The molecule has 4 saturated carbocycles. The van der Waals surface area contributed by atoms with E-state index in [1.54, 1.807) is 0 Å². The Morgan fingerprint density at radius 1 is 0.483 bits per heavy atom. The SMILES string of the molecule is CC1CCC(C2CCC(C3CCC(C4CC(C)C(C)C(C)C4)C(F)C3)CC2)CC1. The summed E-state index contributed by atoms with van der Waals surface area (Å²) >= 11 is 0. The zero-order valence-corrected chi connectivity index (χ0v) is 19.9. The lowest BCUT2D eigenvalue weighted by atomic mass is 9.60. The minimum Gasteiger partial charge on any atom is -0.247 e. The van der Waals surface area contributed by atoms with E-state index in [0.29, 0.717) is 17.8 Å². The first-order valence-corrected chi connectivity index (χ1v) is 13.6. The second-order valence-corrected chi connectivity index (χ2v) is 12.5. The smallest absolute Gasteiger partial charge is 0.103 e. The molecule has 0 amide bonds. The first-order valence-electron chi connectivity index (χ1n) is 13.6. The molecular formula is C28H49F. The van der Waals surface area contributed by atoms with Crippen LogP contribution in [0, 0.1) is 59.2 Å². The minimum absolute atomic E-state index is 0.379. The van der Waals surface area contributed by atoms with E-state index in [2.05, 4.69) is 27.7 Å². The lowest BCUT2D eigenvalue weighted by Crippen LogP contribution is -2.39. The van der Waals surface area contributed by atoms with Crippen LogP contribution in [0.15, 0.2) is 0 Å². The molecule has 168 valence electrons. The maximum Gasteiger partial charge on any atom is 0.103 e. The third-order valence-electron chi connectivity index (χ3n) is 10.8. The molecule has 0 aromatic heterocycles. The molecule has 4 rings (SSSR count). The monoisotopic (exact) mass is 404 g/mol. The van der Waals surface area contributed by atoms with Crippen LogP contribution in [0.5, 0.6) is 0 Å². The van der Waals surface area contributed by atoms with Gasteiger partial charge in [0.2, 0.25) is 0 Å². The van der Waals surface area contributed by atoms with Crippen LogP contribution in [-0.2, 0) is 0 Å². The van der Waals surface area contributed by atoms with E-state index in [-0.39, 0.29) is 0 Å². The molecule has 5 atom stereocenters. The number of hydrogen-bond donors (Lipinski definition) is 0. The predicted octanol–water partition coefficient (Wildman–Crippen LogP) is 8.69. The maximum absolute atomic E-state index is 15.4. The minimum atomic E-state index is -0.510. The van der Waals surface area contributed by atoms with E-state index in [1.165, 1.54) is 77.0 Å². The average molecular weight is 405 g/mol. The molecule has 0 N–H and O–H groups in total. The predicted molar refractivity (Wildman–Crippen MR) is 123 cm³/mol. The summed E-state index contributed by atoms with van der Waals surface area (Å²) in [5.74, 6) is 7.97. The fourth-order valence-corrected chi connectivity index (χ4v) is 8.36. The number of hydrogen-bond acceptors (Lipinski definition) is 0. The van der Waals surface area contributed by atoms with E-state index in [9.17, 15) is 0 Å². The van der Waals surface area contributed by atoms with Crippen molar-refractivity contribution in [2.75, 3.05) is 0 Å². The van der Waals surface area contributed by atoms with Gasteiger partial charge in [-0.3, -0.25) is 0 Å². The summed E-state index contributed by atoms with van der Waals surface area (Å²) in [6, 6.07) is 0. The highest BCUT2D eigenvalue weighted by Gasteiger charge is 2.42. The zero-order valence-electron chi connectivity index (χ0n) is 19.9. The van der Waals surface area contributed by atoms with Gasteiger partial charge in [0.05, 0.1) is 0 Å². The van der Waals surface area contributed by atoms with Crippen molar-refractivity contribution >= 4 is 0 Å². The fraction of sp³-hybridized carbons (Fsp3) is 1.00.